The summed E-state index contributed by atoms with van der Waals surface area (Å²) in [4.78, 5) is 18.9. The number of nitrogens with zero attached hydrogens (tertiary/aromatic N) is 2. The summed E-state index contributed by atoms with van der Waals surface area (Å²) in [6.45, 7) is 0. The van der Waals surface area contributed by atoms with Crippen molar-refractivity contribution in [3.8, 4) is 5.75 Å². The zero-order valence-corrected chi connectivity index (χ0v) is 8.13. The molecule has 1 aromatic carbocycles. The molecular weight excluding hydrogens is 211 g/mol. The molecule has 16 heavy (non-hydrogen) atoms. The van der Waals surface area contributed by atoms with Crippen LogP contribution in [-0.2, 0) is 0 Å². The molecule has 0 bridgehead atoms. The number of halogens is 1. The zero-order chi connectivity index (χ0) is 11.4. The molecule has 0 saturated heterocycles. The second-order valence-electron chi connectivity index (χ2n) is 2.97. The Bertz CT molecular complexity index is 502. The van der Waals surface area contributed by atoms with Crippen molar-refractivity contribution in [2.24, 2.45) is 0 Å². The van der Waals surface area contributed by atoms with E-state index in [1.165, 1.54) is 36.9 Å². The van der Waals surface area contributed by atoms with E-state index in [-0.39, 0.29) is 11.3 Å². The molecular formula is C11H7FN2O2. The summed E-state index contributed by atoms with van der Waals surface area (Å²) < 4.78 is 17.7. The van der Waals surface area contributed by atoms with Crippen molar-refractivity contribution in [1.29, 1.82) is 0 Å². The number of esters is 1. The Morgan fingerprint density at radius 3 is 2.69 bits per heavy atom. The lowest BCUT2D eigenvalue weighted by molar-refractivity contribution is 0.0733. The molecule has 0 amide bonds. The van der Waals surface area contributed by atoms with Gasteiger partial charge in [-0.25, -0.2) is 19.2 Å². The van der Waals surface area contributed by atoms with Gasteiger partial charge in [-0.3, -0.25) is 0 Å². The van der Waals surface area contributed by atoms with Crippen LogP contribution in [-0.4, -0.2) is 15.9 Å². The first-order valence-electron chi connectivity index (χ1n) is 4.48. The summed E-state index contributed by atoms with van der Waals surface area (Å²) in [5.74, 6) is -0.935. The number of benzene rings is 1. The summed E-state index contributed by atoms with van der Waals surface area (Å²) in [7, 11) is 0. The number of rotatable bonds is 2. The number of ether oxygens (including phenoxy) is 1. The third kappa shape index (κ3) is 2.38. The van der Waals surface area contributed by atoms with Crippen molar-refractivity contribution >= 4 is 5.97 Å². The Hall–Kier alpha value is -2.30. The van der Waals surface area contributed by atoms with E-state index in [2.05, 4.69) is 9.97 Å². The van der Waals surface area contributed by atoms with E-state index in [0.29, 0.717) is 0 Å². The lowest BCUT2D eigenvalue weighted by Gasteiger charge is -2.02. The third-order valence-corrected chi connectivity index (χ3v) is 1.80. The Morgan fingerprint density at radius 2 is 2.00 bits per heavy atom. The van der Waals surface area contributed by atoms with Gasteiger partial charge >= 0.3 is 5.97 Å². The van der Waals surface area contributed by atoms with Crippen LogP contribution in [0.25, 0.3) is 0 Å². The summed E-state index contributed by atoms with van der Waals surface area (Å²) >= 11 is 0. The Kier molecular flexibility index (Phi) is 2.86. The van der Waals surface area contributed by atoms with E-state index in [9.17, 15) is 9.18 Å². The normalized spacial score (nSPS) is 9.81. The minimum absolute atomic E-state index is 0.147. The van der Waals surface area contributed by atoms with E-state index in [0.717, 1.165) is 6.07 Å². The Labute approximate surface area is 90.7 Å². The van der Waals surface area contributed by atoms with Crippen molar-refractivity contribution in [1.82, 2.24) is 9.97 Å². The van der Waals surface area contributed by atoms with Crippen LogP contribution in [0.4, 0.5) is 4.39 Å². The first-order chi connectivity index (χ1) is 7.75. The van der Waals surface area contributed by atoms with Crippen LogP contribution >= 0.6 is 0 Å². The van der Waals surface area contributed by atoms with Gasteiger partial charge in [0.1, 0.15) is 17.9 Å². The Balaban J connectivity index is 2.14. The van der Waals surface area contributed by atoms with Crippen LogP contribution in [0.1, 0.15) is 10.4 Å². The van der Waals surface area contributed by atoms with Crippen LogP contribution < -0.4 is 4.74 Å². The van der Waals surface area contributed by atoms with Crippen molar-refractivity contribution < 1.29 is 13.9 Å². The monoisotopic (exact) mass is 218 g/mol. The van der Waals surface area contributed by atoms with Gasteiger partial charge in [0, 0.05) is 18.5 Å². The van der Waals surface area contributed by atoms with Crippen LogP contribution in [0.3, 0.4) is 0 Å². The Morgan fingerprint density at radius 1 is 1.25 bits per heavy atom. The molecule has 0 radical (unpaired) electrons. The lowest BCUT2D eigenvalue weighted by atomic mass is 10.3. The highest BCUT2D eigenvalue weighted by molar-refractivity contribution is 5.90. The molecule has 0 aliphatic carbocycles. The van der Waals surface area contributed by atoms with E-state index in [1.807, 2.05) is 0 Å². The van der Waals surface area contributed by atoms with E-state index in [1.54, 1.807) is 0 Å². The minimum atomic E-state index is -0.619. The molecule has 0 spiro atoms. The molecule has 0 atom stereocenters. The predicted octanol–water partition coefficient (Wildman–Crippen LogP) is 1.83. The molecule has 0 aliphatic heterocycles. The summed E-state index contributed by atoms with van der Waals surface area (Å²) in [6.07, 6.45) is 3.96. The first kappa shape index (κ1) is 10.2. The summed E-state index contributed by atoms with van der Waals surface area (Å²) in [5, 5.41) is 0. The number of carbonyl (C=O) groups excluding carboxylic acids is 1. The quantitative estimate of drug-likeness (QED) is 0.570. The maximum Gasteiger partial charge on any atom is 0.346 e. The van der Waals surface area contributed by atoms with Gasteiger partial charge in [-0.1, -0.05) is 6.07 Å². The zero-order valence-electron chi connectivity index (χ0n) is 8.13. The number of carbonyl (C=O) groups is 1. The maximum absolute atomic E-state index is 12.8. The van der Waals surface area contributed by atoms with E-state index >= 15 is 0 Å². The molecule has 1 heterocycles. The molecule has 1 aromatic heterocycles. The highest BCUT2D eigenvalue weighted by Gasteiger charge is 2.08. The van der Waals surface area contributed by atoms with Gasteiger partial charge in [0.2, 0.25) is 0 Å². The summed E-state index contributed by atoms with van der Waals surface area (Å²) in [5.41, 5.74) is 0.215. The molecule has 80 valence electrons. The molecule has 5 heteroatoms. The average molecular weight is 218 g/mol. The standard InChI is InChI=1S/C11H7FN2O2/c12-9-2-1-3-10(4-9)16-11(15)8-5-13-7-14-6-8/h1-7H. The molecule has 0 unspecified atom stereocenters. The van der Waals surface area contributed by atoms with E-state index < -0.39 is 11.8 Å². The van der Waals surface area contributed by atoms with Gasteiger partial charge in [-0.05, 0) is 12.1 Å². The van der Waals surface area contributed by atoms with Crippen LogP contribution in [0.5, 0.6) is 5.75 Å². The lowest BCUT2D eigenvalue weighted by Crippen LogP contribution is -2.09. The predicted molar refractivity (Wildman–Crippen MR) is 53.4 cm³/mol. The highest BCUT2D eigenvalue weighted by atomic mass is 19.1. The molecule has 0 saturated carbocycles. The van der Waals surface area contributed by atoms with Gasteiger partial charge in [-0.15, -0.1) is 0 Å². The van der Waals surface area contributed by atoms with Crippen LogP contribution in [0, 0.1) is 5.82 Å². The van der Waals surface area contributed by atoms with Crippen molar-refractivity contribution in [3.63, 3.8) is 0 Å². The molecule has 0 aliphatic rings. The highest BCUT2D eigenvalue weighted by Crippen LogP contribution is 2.13. The van der Waals surface area contributed by atoms with Gasteiger partial charge < -0.3 is 4.74 Å². The van der Waals surface area contributed by atoms with Crippen molar-refractivity contribution in [2.75, 3.05) is 0 Å². The SMILES string of the molecule is O=C(Oc1cccc(F)c1)c1cncnc1. The topological polar surface area (TPSA) is 52.1 Å². The third-order valence-electron chi connectivity index (χ3n) is 1.80. The molecule has 4 nitrogen and oxygen atoms in total. The molecule has 0 N–H and O–H groups in total. The van der Waals surface area contributed by atoms with Gasteiger partial charge in [0.25, 0.3) is 0 Å². The minimum Gasteiger partial charge on any atom is -0.423 e. The van der Waals surface area contributed by atoms with Gasteiger partial charge in [-0.2, -0.15) is 0 Å². The molecule has 0 fully saturated rings. The second kappa shape index (κ2) is 4.48. The first-order valence-corrected chi connectivity index (χ1v) is 4.48. The fraction of sp³-hybridized carbons (Fsp3) is 0. The average Bonchev–Trinajstić information content (AvgIpc) is 2.30. The summed E-state index contributed by atoms with van der Waals surface area (Å²) in [6, 6.07) is 5.34. The van der Waals surface area contributed by atoms with Gasteiger partial charge in [0.05, 0.1) is 5.56 Å². The van der Waals surface area contributed by atoms with Crippen LogP contribution in [0.2, 0.25) is 0 Å². The molecule has 2 rings (SSSR count). The maximum atomic E-state index is 12.8. The second-order valence-corrected chi connectivity index (χ2v) is 2.97. The van der Waals surface area contributed by atoms with Crippen LogP contribution in [0.15, 0.2) is 43.0 Å². The van der Waals surface area contributed by atoms with Crippen molar-refractivity contribution in [3.05, 3.63) is 54.4 Å². The fourth-order valence-corrected chi connectivity index (χ4v) is 1.10. The largest absolute Gasteiger partial charge is 0.423 e. The number of hydrogen-bond acceptors (Lipinski definition) is 4. The number of aromatic nitrogens is 2. The van der Waals surface area contributed by atoms with E-state index in [4.69, 9.17) is 4.74 Å². The fourth-order valence-electron chi connectivity index (χ4n) is 1.10. The number of hydrogen-bond donors (Lipinski definition) is 0. The molecule has 2 aromatic rings. The smallest absolute Gasteiger partial charge is 0.346 e. The van der Waals surface area contributed by atoms with Gasteiger partial charge in [0.15, 0.2) is 0 Å². The van der Waals surface area contributed by atoms with Crippen molar-refractivity contribution in [2.45, 2.75) is 0 Å².